The molecule has 102 valence electrons. The van der Waals surface area contributed by atoms with Gasteiger partial charge in [0.05, 0.1) is 11.4 Å². The Labute approximate surface area is 123 Å². The van der Waals surface area contributed by atoms with Crippen molar-refractivity contribution in [1.29, 1.82) is 0 Å². The summed E-state index contributed by atoms with van der Waals surface area (Å²) in [6, 6.07) is 10.6. The van der Waals surface area contributed by atoms with Gasteiger partial charge in [0.1, 0.15) is 5.75 Å². The maximum atomic E-state index is 5.98. The molecule has 2 rings (SSSR count). The third-order valence-corrected chi connectivity index (χ3v) is 4.30. The molecule has 2 atom stereocenters. The van der Waals surface area contributed by atoms with E-state index in [0.717, 1.165) is 15.6 Å². The molecule has 4 heteroatoms. The second kappa shape index (κ2) is 6.42. The summed E-state index contributed by atoms with van der Waals surface area (Å²) in [5.41, 5.74) is 2.38. The molecular weight excluding hydrogens is 278 g/mol. The maximum Gasteiger partial charge on any atom is 0.123 e. The van der Waals surface area contributed by atoms with Crippen LogP contribution in [-0.2, 0) is 0 Å². The fourth-order valence-electron chi connectivity index (χ4n) is 2.14. The molecule has 0 saturated carbocycles. The van der Waals surface area contributed by atoms with E-state index in [1.54, 1.807) is 18.4 Å². The van der Waals surface area contributed by atoms with Gasteiger partial charge in [-0.1, -0.05) is 29.8 Å². The monoisotopic (exact) mass is 295 g/mol. The van der Waals surface area contributed by atoms with E-state index in [9.17, 15) is 0 Å². The Balaban J connectivity index is 2.10. The van der Waals surface area contributed by atoms with Gasteiger partial charge < -0.3 is 10.1 Å². The Kier molecular flexibility index (Phi) is 4.86. The summed E-state index contributed by atoms with van der Waals surface area (Å²) in [5.74, 6) is 0.915. The quantitative estimate of drug-likeness (QED) is 0.853. The van der Waals surface area contributed by atoms with Gasteiger partial charge in [0.15, 0.2) is 0 Å². The number of hydrogen-bond acceptors (Lipinski definition) is 3. The van der Waals surface area contributed by atoms with E-state index in [4.69, 9.17) is 16.3 Å². The van der Waals surface area contributed by atoms with E-state index in [1.807, 2.05) is 24.3 Å². The molecule has 0 amide bonds. The number of halogens is 1. The third kappa shape index (κ3) is 3.50. The van der Waals surface area contributed by atoms with Gasteiger partial charge in [-0.05, 0) is 36.9 Å². The molecule has 0 spiro atoms. The Morgan fingerprint density at radius 3 is 2.58 bits per heavy atom. The highest BCUT2D eigenvalue weighted by Gasteiger charge is 2.15. The van der Waals surface area contributed by atoms with Crippen molar-refractivity contribution < 1.29 is 4.74 Å². The Bertz CT molecular complexity index is 540. The first-order chi connectivity index (χ1) is 9.11. The van der Waals surface area contributed by atoms with E-state index in [0.29, 0.717) is 0 Å². The SMILES string of the molecule is COc1ccccc1[C@H](C)NC(C)c1csc(Cl)c1. The first kappa shape index (κ1) is 14.4. The number of hydrogen-bond donors (Lipinski definition) is 1. The highest BCUT2D eigenvalue weighted by Crippen LogP contribution is 2.29. The van der Waals surface area contributed by atoms with Crippen molar-refractivity contribution in [2.24, 2.45) is 0 Å². The molecule has 0 radical (unpaired) electrons. The first-order valence-electron chi connectivity index (χ1n) is 6.24. The molecule has 1 N–H and O–H groups in total. The van der Waals surface area contributed by atoms with Crippen molar-refractivity contribution >= 4 is 22.9 Å². The van der Waals surface area contributed by atoms with Crippen LogP contribution in [-0.4, -0.2) is 7.11 Å². The van der Waals surface area contributed by atoms with Crippen LogP contribution in [0.5, 0.6) is 5.75 Å². The smallest absolute Gasteiger partial charge is 0.123 e. The minimum atomic E-state index is 0.213. The van der Waals surface area contributed by atoms with Crippen LogP contribution in [0.1, 0.15) is 37.1 Å². The van der Waals surface area contributed by atoms with Gasteiger partial charge in [-0.25, -0.2) is 0 Å². The highest BCUT2D eigenvalue weighted by molar-refractivity contribution is 7.14. The maximum absolute atomic E-state index is 5.98. The van der Waals surface area contributed by atoms with Crippen LogP contribution in [0.3, 0.4) is 0 Å². The molecule has 1 aromatic heterocycles. The lowest BCUT2D eigenvalue weighted by Crippen LogP contribution is -2.22. The van der Waals surface area contributed by atoms with Crippen LogP contribution in [0.4, 0.5) is 0 Å². The van der Waals surface area contributed by atoms with Crippen LogP contribution in [0.2, 0.25) is 4.34 Å². The van der Waals surface area contributed by atoms with E-state index in [1.165, 1.54) is 5.56 Å². The minimum Gasteiger partial charge on any atom is -0.496 e. The zero-order valence-corrected chi connectivity index (χ0v) is 12.9. The predicted octanol–water partition coefficient (Wildman–Crippen LogP) is 4.82. The van der Waals surface area contributed by atoms with Gasteiger partial charge >= 0.3 is 0 Å². The molecule has 0 bridgehead atoms. The molecule has 0 aliphatic carbocycles. The van der Waals surface area contributed by atoms with Gasteiger partial charge in [-0.3, -0.25) is 0 Å². The highest BCUT2D eigenvalue weighted by atomic mass is 35.5. The predicted molar refractivity (Wildman–Crippen MR) is 82.3 cm³/mol. The van der Waals surface area contributed by atoms with Crippen molar-refractivity contribution in [1.82, 2.24) is 5.32 Å². The third-order valence-electron chi connectivity index (χ3n) is 3.19. The summed E-state index contributed by atoms with van der Waals surface area (Å²) >= 11 is 7.54. The fraction of sp³-hybridized carbons (Fsp3) is 0.333. The van der Waals surface area contributed by atoms with Crippen molar-refractivity contribution in [2.75, 3.05) is 7.11 Å². The summed E-state index contributed by atoms with van der Waals surface area (Å²) in [7, 11) is 1.70. The zero-order chi connectivity index (χ0) is 13.8. The number of ether oxygens (including phenoxy) is 1. The Morgan fingerprint density at radius 2 is 1.95 bits per heavy atom. The van der Waals surface area contributed by atoms with Crippen LogP contribution in [0.15, 0.2) is 35.7 Å². The summed E-state index contributed by atoms with van der Waals surface area (Å²) in [6.45, 7) is 4.28. The number of rotatable bonds is 5. The Hall–Kier alpha value is -1.03. The van der Waals surface area contributed by atoms with E-state index >= 15 is 0 Å². The van der Waals surface area contributed by atoms with Crippen molar-refractivity contribution in [3.8, 4) is 5.75 Å². The van der Waals surface area contributed by atoms with Crippen LogP contribution in [0.25, 0.3) is 0 Å². The summed E-state index contributed by atoms with van der Waals surface area (Å²) in [5, 5.41) is 5.66. The molecule has 1 unspecified atom stereocenters. The number of thiophene rings is 1. The molecule has 19 heavy (non-hydrogen) atoms. The van der Waals surface area contributed by atoms with E-state index < -0.39 is 0 Å². The Morgan fingerprint density at radius 1 is 1.21 bits per heavy atom. The summed E-state index contributed by atoms with van der Waals surface area (Å²) in [4.78, 5) is 0. The molecule has 2 nitrogen and oxygen atoms in total. The van der Waals surface area contributed by atoms with Crippen LogP contribution < -0.4 is 10.1 Å². The molecule has 2 aromatic rings. The van der Waals surface area contributed by atoms with Crippen molar-refractivity contribution in [3.05, 3.63) is 51.2 Å². The fourth-order valence-corrected chi connectivity index (χ4v) is 3.12. The standard InChI is InChI=1S/C15H18ClNOS/c1-10(12-8-15(16)19-9-12)17-11(2)13-6-4-5-7-14(13)18-3/h4-11,17H,1-3H3/t10?,11-/m0/s1. The molecule has 1 aromatic carbocycles. The number of nitrogens with one attached hydrogen (secondary N) is 1. The zero-order valence-electron chi connectivity index (χ0n) is 11.3. The number of para-hydroxylation sites is 1. The van der Waals surface area contributed by atoms with Gasteiger partial charge in [-0.2, -0.15) is 0 Å². The molecule has 0 aliphatic heterocycles. The normalized spacial score (nSPS) is 14.1. The van der Waals surface area contributed by atoms with Crippen molar-refractivity contribution in [2.45, 2.75) is 25.9 Å². The van der Waals surface area contributed by atoms with Crippen molar-refractivity contribution in [3.63, 3.8) is 0 Å². The minimum absolute atomic E-state index is 0.213. The van der Waals surface area contributed by atoms with E-state index in [-0.39, 0.29) is 12.1 Å². The lowest BCUT2D eigenvalue weighted by molar-refractivity contribution is 0.396. The van der Waals surface area contributed by atoms with Gasteiger partial charge in [0.2, 0.25) is 0 Å². The average Bonchev–Trinajstić information content (AvgIpc) is 2.85. The summed E-state index contributed by atoms with van der Waals surface area (Å²) in [6.07, 6.45) is 0. The molecule has 0 fully saturated rings. The lowest BCUT2D eigenvalue weighted by atomic mass is 10.0. The lowest BCUT2D eigenvalue weighted by Gasteiger charge is -2.21. The largest absolute Gasteiger partial charge is 0.496 e. The molecular formula is C15H18ClNOS. The molecule has 0 saturated heterocycles. The van der Waals surface area contributed by atoms with E-state index in [2.05, 4.69) is 30.6 Å². The first-order valence-corrected chi connectivity index (χ1v) is 7.50. The van der Waals surface area contributed by atoms with Gasteiger partial charge in [0, 0.05) is 17.6 Å². The number of methoxy groups -OCH3 is 1. The second-order valence-electron chi connectivity index (χ2n) is 4.54. The second-order valence-corrected chi connectivity index (χ2v) is 6.08. The van der Waals surface area contributed by atoms with Gasteiger partial charge in [-0.15, -0.1) is 11.3 Å². The van der Waals surface area contributed by atoms with Crippen LogP contribution in [0, 0.1) is 0 Å². The molecule has 1 heterocycles. The molecule has 0 aliphatic rings. The average molecular weight is 296 g/mol. The van der Waals surface area contributed by atoms with Gasteiger partial charge in [0.25, 0.3) is 0 Å². The van der Waals surface area contributed by atoms with Crippen LogP contribution >= 0.6 is 22.9 Å². The topological polar surface area (TPSA) is 21.3 Å². The number of benzene rings is 1. The summed E-state index contributed by atoms with van der Waals surface area (Å²) < 4.78 is 6.23.